The highest BCUT2D eigenvalue weighted by Gasteiger charge is 2.83. The fourth-order valence-corrected chi connectivity index (χ4v) is 6.98. The fraction of sp³-hybridized carbons (Fsp3) is 0.667. The standard InChI is InChI=1S/C27H32O9/c1-16-8-9-26-14-32-23(30)22-24(2,36-22)10-11-31-20(28)6-4-5-7-21(29)35-17-13-19(34-18(26)12-16)27(15-33-27)25(17,26)3/h4-7,12,17-19,22H,8-11,13-15H2,1-3H3/b6-4+,7-5-/t17-,18-,19-,22-,24-,25-,26-,27+/m1/s1. The van der Waals surface area contributed by atoms with Crippen molar-refractivity contribution in [2.24, 2.45) is 10.8 Å². The summed E-state index contributed by atoms with van der Waals surface area (Å²) >= 11 is 0. The van der Waals surface area contributed by atoms with Gasteiger partial charge in [-0.1, -0.05) is 30.7 Å². The van der Waals surface area contributed by atoms with E-state index >= 15 is 0 Å². The molecule has 3 saturated heterocycles. The maximum absolute atomic E-state index is 13.1. The number of hydrogen-bond acceptors (Lipinski definition) is 9. The summed E-state index contributed by atoms with van der Waals surface area (Å²) in [6.07, 6.45) is 8.23. The second-order valence-electron chi connectivity index (χ2n) is 11.3. The maximum atomic E-state index is 13.1. The third-order valence-electron chi connectivity index (χ3n) is 9.47. The molecule has 2 aliphatic carbocycles. The summed E-state index contributed by atoms with van der Waals surface area (Å²) in [4.78, 5) is 37.8. The summed E-state index contributed by atoms with van der Waals surface area (Å²) in [7, 11) is 0. The molecule has 2 bridgehead atoms. The van der Waals surface area contributed by atoms with Crippen molar-refractivity contribution in [3.8, 4) is 0 Å². The van der Waals surface area contributed by atoms with Gasteiger partial charge >= 0.3 is 17.9 Å². The first-order valence-corrected chi connectivity index (χ1v) is 12.7. The SMILES string of the molecule is CC1=C[C@H]2O[C@@H]3C[C@H]4OC(=O)/C=C\C=C\C(=O)OCC[C@@]5(C)O[C@@H]5C(=O)OC[C@@]2(CC1)[C@]4(C)[C@]31CO1. The summed E-state index contributed by atoms with van der Waals surface area (Å²) in [5, 5.41) is 0. The number of fused-ring (bicyclic) bond motifs is 1. The molecule has 0 aromatic carbocycles. The lowest BCUT2D eigenvalue weighted by atomic mass is 9.51. The van der Waals surface area contributed by atoms with Crippen molar-refractivity contribution in [3.63, 3.8) is 0 Å². The van der Waals surface area contributed by atoms with Crippen LogP contribution in [0.4, 0.5) is 0 Å². The molecule has 9 nitrogen and oxygen atoms in total. The van der Waals surface area contributed by atoms with Crippen LogP contribution in [0, 0.1) is 10.8 Å². The molecule has 0 unspecified atom stereocenters. The molecule has 0 radical (unpaired) electrons. The number of hydrogen-bond donors (Lipinski definition) is 0. The van der Waals surface area contributed by atoms with Crippen molar-refractivity contribution >= 4 is 17.9 Å². The molecule has 0 N–H and O–H groups in total. The smallest absolute Gasteiger partial charge is 0.338 e. The number of carbonyl (C=O) groups excluding carboxylic acids is 3. The lowest BCUT2D eigenvalue weighted by Gasteiger charge is -2.58. The molecule has 9 heteroatoms. The van der Waals surface area contributed by atoms with Crippen LogP contribution in [0.25, 0.3) is 0 Å². The van der Waals surface area contributed by atoms with Gasteiger partial charge in [0.15, 0.2) is 6.10 Å². The van der Waals surface area contributed by atoms with Gasteiger partial charge in [-0.15, -0.1) is 0 Å². The minimum Gasteiger partial charge on any atom is -0.463 e. The van der Waals surface area contributed by atoms with E-state index in [1.54, 1.807) is 0 Å². The second-order valence-corrected chi connectivity index (χ2v) is 11.3. The van der Waals surface area contributed by atoms with Crippen molar-refractivity contribution in [2.45, 2.75) is 82.1 Å². The highest BCUT2D eigenvalue weighted by Crippen LogP contribution is 2.72. The Balaban J connectivity index is 1.37. The molecule has 4 aliphatic heterocycles. The van der Waals surface area contributed by atoms with Gasteiger partial charge < -0.3 is 28.4 Å². The second kappa shape index (κ2) is 8.00. The van der Waals surface area contributed by atoms with Crippen LogP contribution in [0.2, 0.25) is 0 Å². The average molecular weight is 501 g/mol. The van der Waals surface area contributed by atoms with E-state index < -0.39 is 52.1 Å². The predicted molar refractivity (Wildman–Crippen MR) is 123 cm³/mol. The van der Waals surface area contributed by atoms with Crippen molar-refractivity contribution in [2.75, 3.05) is 19.8 Å². The Morgan fingerprint density at radius 1 is 0.944 bits per heavy atom. The summed E-state index contributed by atoms with van der Waals surface area (Å²) < 4.78 is 35.6. The molecule has 6 rings (SSSR count). The van der Waals surface area contributed by atoms with E-state index in [1.165, 1.54) is 29.9 Å². The van der Waals surface area contributed by atoms with E-state index in [-0.39, 0.29) is 25.4 Å². The zero-order valence-electron chi connectivity index (χ0n) is 20.8. The summed E-state index contributed by atoms with van der Waals surface area (Å²) in [6.45, 7) is 6.71. The topological polar surface area (TPSA) is 113 Å². The number of cyclic esters (lactones) is 2. The average Bonchev–Trinajstić information content (AvgIpc) is 3.74. The van der Waals surface area contributed by atoms with Gasteiger partial charge in [0.2, 0.25) is 0 Å². The van der Waals surface area contributed by atoms with E-state index in [0.29, 0.717) is 25.9 Å². The van der Waals surface area contributed by atoms with Crippen LogP contribution in [0.5, 0.6) is 0 Å². The van der Waals surface area contributed by atoms with Crippen LogP contribution in [0.15, 0.2) is 36.0 Å². The largest absolute Gasteiger partial charge is 0.463 e. The fourth-order valence-electron chi connectivity index (χ4n) is 6.98. The summed E-state index contributed by atoms with van der Waals surface area (Å²) in [5.41, 5.74) is -1.36. The predicted octanol–water partition coefficient (Wildman–Crippen LogP) is 2.33. The van der Waals surface area contributed by atoms with Crippen molar-refractivity contribution in [1.82, 2.24) is 0 Å². The van der Waals surface area contributed by atoms with Crippen LogP contribution in [-0.4, -0.2) is 73.3 Å². The van der Waals surface area contributed by atoms with Gasteiger partial charge in [-0.3, -0.25) is 0 Å². The Morgan fingerprint density at radius 2 is 1.69 bits per heavy atom. The van der Waals surface area contributed by atoms with E-state index in [1.807, 2.05) is 6.92 Å². The molecular formula is C27H32O9. The quantitative estimate of drug-likeness (QED) is 0.214. The molecule has 2 spiro atoms. The van der Waals surface area contributed by atoms with Crippen molar-refractivity contribution < 1.29 is 42.8 Å². The minimum atomic E-state index is -0.739. The van der Waals surface area contributed by atoms with Gasteiger partial charge in [-0.05, 0) is 26.7 Å². The Hall–Kier alpha value is -2.49. The number of esters is 3. The molecule has 0 aromatic heterocycles. The lowest BCUT2D eigenvalue weighted by molar-refractivity contribution is -0.233. The molecule has 8 atom stereocenters. The first-order chi connectivity index (χ1) is 17.1. The van der Waals surface area contributed by atoms with Crippen molar-refractivity contribution in [3.05, 3.63) is 36.0 Å². The van der Waals surface area contributed by atoms with Crippen LogP contribution < -0.4 is 0 Å². The van der Waals surface area contributed by atoms with Gasteiger partial charge in [-0.25, -0.2) is 14.4 Å². The Bertz CT molecular complexity index is 1090. The minimum absolute atomic E-state index is 0.0974. The number of carbonyl (C=O) groups is 3. The number of allylic oxidation sites excluding steroid dienone is 3. The number of rotatable bonds is 0. The van der Waals surface area contributed by atoms with Crippen molar-refractivity contribution in [1.29, 1.82) is 0 Å². The van der Waals surface area contributed by atoms with Gasteiger partial charge in [0.1, 0.15) is 23.9 Å². The van der Waals surface area contributed by atoms with Crippen LogP contribution in [-0.2, 0) is 42.8 Å². The zero-order valence-corrected chi connectivity index (χ0v) is 20.8. The summed E-state index contributed by atoms with van der Waals surface area (Å²) in [6, 6.07) is 0. The van der Waals surface area contributed by atoms with Gasteiger partial charge in [0.25, 0.3) is 0 Å². The van der Waals surface area contributed by atoms with Crippen LogP contribution in [0.1, 0.15) is 46.5 Å². The monoisotopic (exact) mass is 500 g/mol. The maximum Gasteiger partial charge on any atom is 0.338 e. The molecule has 0 aromatic rings. The van der Waals surface area contributed by atoms with E-state index in [0.717, 1.165) is 6.42 Å². The number of ether oxygens (including phenoxy) is 6. The summed E-state index contributed by atoms with van der Waals surface area (Å²) in [5.74, 6) is -1.51. The molecule has 1 saturated carbocycles. The number of epoxide rings is 2. The first-order valence-electron chi connectivity index (χ1n) is 12.7. The lowest BCUT2D eigenvalue weighted by Crippen LogP contribution is -2.66. The van der Waals surface area contributed by atoms with E-state index in [2.05, 4.69) is 19.9 Å². The molecule has 0 amide bonds. The van der Waals surface area contributed by atoms with Crippen LogP contribution >= 0.6 is 0 Å². The third kappa shape index (κ3) is 3.35. The van der Waals surface area contributed by atoms with Crippen LogP contribution in [0.3, 0.4) is 0 Å². The van der Waals surface area contributed by atoms with Gasteiger partial charge in [0, 0.05) is 30.4 Å². The Kier molecular flexibility index (Phi) is 5.31. The first kappa shape index (κ1) is 23.9. The molecule has 6 aliphatic rings. The molecule has 194 valence electrons. The van der Waals surface area contributed by atoms with E-state index in [4.69, 9.17) is 28.4 Å². The Morgan fingerprint density at radius 3 is 2.44 bits per heavy atom. The molecule has 4 heterocycles. The molecule has 36 heavy (non-hydrogen) atoms. The zero-order chi connectivity index (χ0) is 25.3. The molecule has 4 fully saturated rings. The third-order valence-corrected chi connectivity index (χ3v) is 9.47. The molecular weight excluding hydrogens is 468 g/mol. The van der Waals surface area contributed by atoms with E-state index in [9.17, 15) is 14.4 Å². The Labute approximate surface area is 209 Å². The van der Waals surface area contributed by atoms with Gasteiger partial charge in [-0.2, -0.15) is 0 Å². The highest BCUT2D eigenvalue weighted by molar-refractivity contribution is 5.84. The highest BCUT2D eigenvalue weighted by atomic mass is 16.7. The normalized spacial score (nSPS) is 49.8. The van der Waals surface area contributed by atoms with Gasteiger partial charge in [0.05, 0.1) is 30.8 Å².